The zero-order valence-electron chi connectivity index (χ0n) is 10.4. The molecule has 4 heteroatoms. The first-order chi connectivity index (χ1) is 7.63. The molecule has 1 fully saturated rings. The van der Waals surface area contributed by atoms with E-state index in [1.807, 2.05) is 7.05 Å². The Morgan fingerprint density at radius 3 is 2.94 bits per heavy atom. The molecule has 1 aliphatic carbocycles. The Bertz CT molecular complexity index is 346. The minimum Gasteiger partial charge on any atom is -0.339 e. The van der Waals surface area contributed by atoms with E-state index in [4.69, 9.17) is 4.52 Å². The molecule has 0 aromatic carbocycles. The van der Waals surface area contributed by atoms with Gasteiger partial charge in [0.2, 0.25) is 5.89 Å². The third kappa shape index (κ3) is 2.26. The molecule has 1 aliphatic rings. The van der Waals surface area contributed by atoms with Crippen molar-refractivity contribution >= 4 is 0 Å². The van der Waals surface area contributed by atoms with Crippen LogP contribution in [-0.4, -0.2) is 17.2 Å². The van der Waals surface area contributed by atoms with Crippen molar-refractivity contribution in [1.82, 2.24) is 15.5 Å². The van der Waals surface area contributed by atoms with Gasteiger partial charge in [-0.2, -0.15) is 4.98 Å². The molecule has 0 radical (unpaired) electrons. The Hall–Kier alpha value is -0.900. The van der Waals surface area contributed by atoms with Gasteiger partial charge in [0.25, 0.3) is 0 Å². The van der Waals surface area contributed by atoms with Crippen LogP contribution in [0.4, 0.5) is 0 Å². The van der Waals surface area contributed by atoms with Crippen LogP contribution in [0, 0.1) is 5.41 Å². The van der Waals surface area contributed by atoms with Crippen LogP contribution >= 0.6 is 0 Å². The lowest BCUT2D eigenvalue weighted by Gasteiger charge is -2.36. The summed E-state index contributed by atoms with van der Waals surface area (Å²) in [7, 11) is 1.89. The van der Waals surface area contributed by atoms with Crippen LogP contribution < -0.4 is 5.32 Å². The summed E-state index contributed by atoms with van der Waals surface area (Å²) >= 11 is 0. The highest BCUT2D eigenvalue weighted by molar-refractivity contribution is 5.02. The van der Waals surface area contributed by atoms with Crippen molar-refractivity contribution in [2.75, 3.05) is 7.05 Å². The van der Waals surface area contributed by atoms with Gasteiger partial charge in [0.05, 0.1) is 6.54 Å². The van der Waals surface area contributed by atoms with E-state index in [2.05, 4.69) is 29.3 Å². The highest BCUT2D eigenvalue weighted by atomic mass is 16.5. The fourth-order valence-corrected chi connectivity index (χ4v) is 2.59. The molecule has 4 nitrogen and oxygen atoms in total. The molecule has 1 heterocycles. The summed E-state index contributed by atoms with van der Waals surface area (Å²) in [5, 5.41) is 7.03. The van der Waals surface area contributed by atoms with Gasteiger partial charge in [-0.15, -0.1) is 0 Å². The van der Waals surface area contributed by atoms with Gasteiger partial charge in [0.15, 0.2) is 5.82 Å². The van der Waals surface area contributed by atoms with E-state index in [1.54, 1.807) is 0 Å². The van der Waals surface area contributed by atoms with E-state index in [-0.39, 0.29) is 0 Å². The number of rotatable bonds is 3. The molecule has 1 N–H and O–H groups in total. The summed E-state index contributed by atoms with van der Waals surface area (Å²) in [6.07, 6.45) is 5.02. The van der Waals surface area contributed by atoms with Crippen molar-refractivity contribution in [3.05, 3.63) is 11.7 Å². The van der Waals surface area contributed by atoms with Crippen molar-refractivity contribution in [2.45, 2.75) is 52.0 Å². The van der Waals surface area contributed by atoms with Gasteiger partial charge < -0.3 is 9.84 Å². The highest BCUT2D eigenvalue weighted by Crippen LogP contribution is 2.45. The predicted molar refractivity (Wildman–Crippen MR) is 62.1 cm³/mol. The normalized spacial score (nSPS) is 24.6. The fraction of sp³-hybridized carbons (Fsp3) is 0.833. The highest BCUT2D eigenvalue weighted by Gasteiger charge is 2.36. The first-order valence-corrected chi connectivity index (χ1v) is 6.10. The SMILES string of the molecule is CNCc1noc(C2CCCCC2(C)C)n1. The number of nitrogens with zero attached hydrogens (tertiary/aromatic N) is 2. The van der Waals surface area contributed by atoms with Gasteiger partial charge >= 0.3 is 0 Å². The molecule has 1 atom stereocenters. The standard InChI is InChI=1S/C12H21N3O/c1-12(2)7-5-4-6-9(12)11-14-10(8-13-3)15-16-11/h9,13H,4-8H2,1-3H3. The van der Waals surface area contributed by atoms with Gasteiger partial charge in [-0.05, 0) is 25.3 Å². The van der Waals surface area contributed by atoms with Gasteiger partial charge in [-0.3, -0.25) is 0 Å². The summed E-state index contributed by atoms with van der Waals surface area (Å²) in [5.41, 5.74) is 0.293. The van der Waals surface area contributed by atoms with E-state index in [0.29, 0.717) is 17.9 Å². The smallest absolute Gasteiger partial charge is 0.230 e. The van der Waals surface area contributed by atoms with Crippen molar-refractivity contribution < 1.29 is 4.52 Å². The van der Waals surface area contributed by atoms with Gasteiger partial charge in [0, 0.05) is 5.92 Å². The molecular weight excluding hydrogens is 202 g/mol. The third-order valence-corrected chi connectivity index (χ3v) is 3.62. The second kappa shape index (κ2) is 4.53. The van der Waals surface area contributed by atoms with Crippen molar-refractivity contribution in [3.8, 4) is 0 Å². The van der Waals surface area contributed by atoms with Crippen molar-refractivity contribution in [3.63, 3.8) is 0 Å². The largest absolute Gasteiger partial charge is 0.339 e. The Labute approximate surface area is 96.8 Å². The molecule has 0 bridgehead atoms. The van der Waals surface area contributed by atoms with Crippen LogP contribution in [0.5, 0.6) is 0 Å². The summed E-state index contributed by atoms with van der Waals surface area (Å²) < 4.78 is 5.39. The molecule has 0 amide bonds. The summed E-state index contributed by atoms with van der Waals surface area (Å²) in [5.74, 6) is 2.02. The van der Waals surface area contributed by atoms with Crippen LogP contribution in [0.3, 0.4) is 0 Å². The van der Waals surface area contributed by atoms with E-state index < -0.39 is 0 Å². The maximum atomic E-state index is 5.39. The molecule has 0 saturated heterocycles. The Kier molecular flexibility index (Phi) is 3.28. The summed E-state index contributed by atoms with van der Waals surface area (Å²) in [6.45, 7) is 5.29. The molecular formula is C12H21N3O. The first-order valence-electron chi connectivity index (χ1n) is 6.10. The van der Waals surface area contributed by atoms with Crippen LogP contribution in [-0.2, 0) is 6.54 Å². The van der Waals surface area contributed by atoms with Gasteiger partial charge in [0.1, 0.15) is 0 Å². The molecule has 1 unspecified atom stereocenters. The lowest BCUT2D eigenvalue weighted by molar-refractivity contribution is 0.164. The minimum absolute atomic E-state index is 0.293. The molecule has 0 spiro atoms. The quantitative estimate of drug-likeness (QED) is 0.855. The van der Waals surface area contributed by atoms with E-state index in [1.165, 1.54) is 25.7 Å². The average molecular weight is 223 g/mol. The zero-order chi connectivity index (χ0) is 11.6. The third-order valence-electron chi connectivity index (χ3n) is 3.62. The molecule has 90 valence electrons. The molecule has 2 rings (SSSR count). The van der Waals surface area contributed by atoms with Crippen LogP contribution in [0.1, 0.15) is 57.2 Å². The average Bonchev–Trinajstić information content (AvgIpc) is 2.66. The van der Waals surface area contributed by atoms with Crippen LogP contribution in [0.2, 0.25) is 0 Å². The van der Waals surface area contributed by atoms with E-state index >= 15 is 0 Å². The number of hydrogen-bond acceptors (Lipinski definition) is 4. The maximum Gasteiger partial charge on any atom is 0.230 e. The lowest BCUT2D eigenvalue weighted by Crippen LogP contribution is -2.26. The fourth-order valence-electron chi connectivity index (χ4n) is 2.59. The van der Waals surface area contributed by atoms with Crippen LogP contribution in [0.25, 0.3) is 0 Å². The number of aromatic nitrogens is 2. The topological polar surface area (TPSA) is 51.0 Å². The molecule has 1 aromatic heterocycles. The Balaban J connectivity index is 2.15. The van der Waals surface area contributed by atoms with E-state index in [0.717, 1.165) is 11.7 Å². The number of nitrogens with one attached hydrogen (secondary N) is 1. The minimum atomic E-state index is 0.293. The van der Waals surface area contributed by atoms with Crippen molar-refractivity contribution in [1.29, 1.82) is 0 Å². The van der Waals surface area contributed by atoms with E-state index in [9.17, 15) is 0 Å². The molecule has 16 heavy (non-hydrogen) atoms. The number of hydrogen-bond donors (Lipinski definition) is 1. The van der Waals surface area contributed by atoms with Gasteiger partial charge in [-0.1, -0.05) is 31.8 Å². The second-order valence-electron chi connectivity index (χ2n) is 5.37. The molecule has 0 aliphatic heterocycles. The molecule has 1 aromatic rings. The zero-order valence-corrected chi connectivity index (χ0v) is 10.4. The Morgan fingerprint density at radius 2 is 2.25 bits per heavy atom. The van der Waals surface area contributed by atoms with Gasteiger partial charge in [-0.25, -0.2) is 0 Å². The summed E-state index contributed by atoms with van der Waals surface area (Å²) in [6, 6.07) is 0. The lowest BCUT2D eigenvalue weighted by atomic mass is 9.69. The molecule has 1 saturated carbocycles. The monoisotopic (exact) mass is 223 g/mol. The maximum absolute atomic E-state index is 5.39. The van der Waals surface area contributed by atoms with Crippen LogP contribution in [0.15, 0.2) is 4.52 Å². The second-order valence-corrected chi connectivity index (χ2v) is 5.37. The summed E-state index contributed by atoms with van der Waals surface area (Å²) in [4.78, 5) is 4.48. The van der Waals surface area contributed by atoms with Crippen molar-refractivity contribution in [2.24, 2.45) is 5.41 Å². The Morgan fingerprint density at radius 1 is 1.44 bits per heavy atom. The predicted octanol–water partition coefficient (Wildman–Crippen LogP) is 2.47. The first kappa shape index (κ1) is 11.6.